The molecule has 3 N–H and O–H groups in total. The van der Waals surface area contributed by atoms with Crippen LogP contribution in [0.5, 0.6) is 0 Å². The van der Waals surface area contributed by atoms with Crippen molar-refractivity contribution in [3.05, 3.63) is 18.3 Å². The van der Waals surface area contributed by atoms with Crippen LogP contribution in [0.1, 0.15) is 6.42 Å². The summed E-state index contributed by atoms with van der Waals surface area (Å²) in [5, 5.41) is 0. The Hall–Kier alpha value is -1.33. The highest BCUT2D eigenvalue weighted by molar-refractivity contribution is 5.54. The predicted molar refractivity (Wildman–Crippen MR) is 64.2 cm³/mol. The number of nitrogens with two attached hydrogens (primary N) is 1. The maximum atomic E-state index is 5.34. The van der Waals surface area contributed by atoms with Gasteiger partial charge in [-0.25, -0.2) is 10.8 Å². The number of aromatic nitrogens is 1. The summed E-state index contributed by atoms with van der Waals surface area (Å²) in [6.45, 7) is 2.95. The number of rotatable bonds is 4. The molecular weight excluding hydrogens is 204 g/mol. The van der Waals surface area contributed by atoms with E-state index in [4.69, 9.17) is 10.6 Å². The summed E-state index contributed by atoms with van der Waals surface area (Å²) in [7, 11) is 1.76. The smallest absolute Gasteiger partial charge is 0.141 e. The largest absolute Gasteiger partial charge is 0.384 e. The van der Waals surface area contributed by atoms with Gasteiger partial charge in [-0.05, 0) is 12.5 Å². The van der Waals surface area contributed by atoms with Crippen LogP contribution in [0.15, 0.2) is 18.3 Å². The van der Waals surface area contributed by atoms with E-state index in [0.717, 1.165) is 19.7 Å². The number of pyridine rings is 1. The number of nitrogens with zero attached hydrogens (tertiary/aromatic N) is 2. The topological polar surface area (TPSA) is 63.4 Å². The fourth-order valence-corrected chi connectivity index (χ4v) is 2.13. The Morgan fingerprint density at radius 3 is 3.31 bits per heavy atom. The number of ether oxygens (including phenoxy) is 1. The molecule has 0 aromatic carbocycles. The van der Waals surface area contributed by atoms with Crippen LogP contribution in [0.3, 0.4) is 0 Å². The number of hydrazine groups is 1. The summed E-state index contributed by atoms with van der Waals surface area (Å²) in [6.07, 6.45) is 2.95. The fraction of sp³-hybridized carbons (Fsp3) is 0.545. The van der Waals surface area contributed by atoms with E-state index >= 15 is 0 Å². The molecule has 2 heterocycles. The minimum absolute atomic E-state index is 0.632. The molecule has 0 aliphatic carbocycles. The van der Waals surface area contributed by atoms with Crippen molar-refractivity contribution in [2.24, 2.45) is 11.8 Å². The van der Waals surface area contributed by atoms with Gasteiger partial charge in [0.05, 0.1) is 6.61 Å². The summed E-state index contributed by atoms with van der Waals surface area (Å²) >= 11 is 0. The molecule has 1 fully saturated rings. The number of anilines is 2. The predicted octanol–water partition coefficient (Wildman–Crippen LogP) is 0.840. The van der Waals surface area contributed by atoms with Crippen molar-refractivity contribution in [1.29, 1.82) is 0 Å². The molecule has 88 valence electrons. The Labute approximate surface area is 95.6 Å². The van der Waals surface area contributed by atoms with Crippen molar-refractivity contribution < 1.29 is 4.74 Å². The molecule has 1 aromatic heterocycles. The summed E-state index contributed by atoms with van der Waals surface area (Å²) in [5.74, 6) is 6.67. The van der Waals surface area contributed by atoms with E-state index < -0.39 is 0 Å². The highest BCUT2D eigenvalue weighted by atomic mass is 16.5. The van der Waals surface area contributed by atoms with Crippen LogP contribution in [0.2, 0.25) is 0 Å². The minimum Gasteiger partial charge on any atom is -0.384 e. The zero-order valence-corrected chi connectivity index (χ0v) is 9.52. The number of hydrogen-bond acceptors (Lipinski definition) is 5. The van der Waals surface area contributed by atoms with Gasteiger partial charge in [0.1, 0.15) is 5.82 Å². The molecule has 5 heteroatoms. The van der Waals surface area contributed by atoms with Gasteiger partial charge in [0.15, 0.2) is 0 Å². The molecule has 1 aliphatic rings. The molecule has 2 rings (SSSR count). The maximum Gasteiger partial charge on any atom is 0.141 e. The third-order valence-corrected chi connectivity index (χ3v) is 2.94. The molecule has 0 spiro atoms. The van der Waals surface area contributed by atoms with Crippen molar-refractivity contribution in [3.63, 3.8) is 0 Å². The molecular formula is C11H18N4O. The first-order valence-corrected chi connectivity index (χ1v) is 5.50. The van der Waals surface area contributed by atoms with Gasteiger partial charge in [0.2, 0.25) is 0 Å². The van der Waals surface area contributed by atoms with Crippen molar-refractivity contribution in [2.75, 3.05) is 37.1 Å². The van der Waals surface area contributed by atoms with Crippen LogP contribution < -0.4 is 16.2 Å². The van der Waals surface area contributed by atoms with Gasteiger partial charge in [0, 0.05) is 44.1 Å². The quantitative estimate of drug-likeness (QED) is 0.584. The average Bonchev–Trinajstić information content (AvgIpc) is 2.78. The van der Waals surface area contributed by atoms with Gasteiger partial charge in [-0.2, -0.15) is 0 Å². The first kappa shape index (κ1) is 11.2. The first-order chi connectivity index (χ1) is 7.83. The number of nitrogen functional groups attached to an aromatic ring is 1. The van der Waals surface area contributed by atoms with Crippen molar-refractivity contribution in [2.45, 2.75) is 6.42 Å². The van der Waals surface area contributed by atoms with Crippen LogP contribution in [-0.4, -0.2) is 31.8 Å². The van der Waals surface area contributed by atoms with Gasteiger partial charge in [-0.1, -0.05) is 0 Å². The van der Waals surface area contributed by atoms with E-state index in [1.165, 1.54) is 12.1 Å². The lowest BCUT2D eigenvalue weighted by Gasteiger charge is -2.18. The molecule has 5 nitrogen and oxygen atoms in total. The highest BCUT2D eigenvalue weighted by Crippen LogP contribution is 2.24. The summed E-state index contributed by atoms with van der Waals surface area (Å²) in [5.41, 5.74) is 3.73. The van der Waals surface area contributed by atoms with Crippen LogP contribution >= 0.6 is 0 Å². The van der Waals surface area contributed by atoms with Crippen LogP contribution in [0.4, 0.5) is 11.5 Å². The van der Waals surface area contributed by atoms with E-state index in [0.29, 0.717) is 11.7 Å². The standard InChI is InChI=1S/C11H18N4O/c1-16-8-9-3-5-15(7-9)10-2-4-13-11(6-10)14-12/h2,4,6,9H,3,5,7-8,12H2,1H3,(H,13,14). The van der Waals surface area contributed by atoms with Crippen molar-refractivity contribution >= 4 is 11.5 Å². The Morgan fingerprint density at radius 1 is 1.69 bits per heavy atom. The van der Waals surface area contributed by atoms with E-state index in [1.807, 2.05) is 12.1 Å². The Balaban J connectivity index is 2.02. The number of methoxy groups -OCH3 is 1. The molecule has 1 unspecified atom stereocenters. The average molecular weight is 222 g/mol. The van der Waals surface area contributed by atoms with Gasteiger partial charge < -0.3 is 15.1 Å². The van der Waals surface area contributed by atoms with E-state index in [1.54, 1.807) is 13.3 Å². The monoisotopic (exact) mass is 222 g/mol. The van der Waals surface area contributed by atoms with Crippen LogP contribution in [0.25, 0.3) is 0 Å². The second-order valence-corrected chi connectivity index (χ2v) is 4.10. The van der Waals surface area contributed by atoms with Gasteiger partial charge in [0.25, 0.3) is 0 Å². The highest BCUT2D eigenvalue weighted by Gasteiger charge is 2.22. The van der Waals surface area contributed by atoms with Gasteiger partial charge >= 0.3 is 0 Å². The maximum absolute atomic E-state index is 5.34. The number of nitrogens with one attached hydrogen (secondary N) is 1. The second kappa shape index (κ2) is 5.14. The fourth-order valence-electron chi connectivity index (χ4n) is 2.13. The minimum atomic E-state index is 0.632. The van der Waals surface area contributed by atoms with Gasteiger partial charge in [-0.15, -0.1) is 0 Å². The molecule has 1 atom stereocenters. The Morgan fingerprint density at radius 2 is 2.56 bits per heavy atom. The van der Waals surface area contributed by atoms with E-state index in [-0.39, 0.29) is 0 Å². The number of hydrogen-bond donors (Lipinski definition) is 2. The summed E-state index contributed by atoms with van der Waals surface area (Å²) < 4.78 is 5.18. The molecule has 0 saturated carbocycles. The van der Waals surface area contributed by atoms with Crippen LogP contribution in [-0.2, 0) is 4.74 Å². The van der Waals surface area contributed by atoms with Crippen LogP contribution in [0, 0.1) is 5.92 Å². The van der Waals surface area contributed by atoms with E-state index in [9.17, 15) is 0 Å². The lowest BCUT2D eigenvalue weighted by Crippen LogP contribution is -2.21. The van der Waals surface area contributed by atoms with Crippen molar-refractivity contribution in [1.82, 2.24) is 4.98 Å². The van der Waals surface area contributed by atoms with Gasteiger partial charge in [-0.3, -0.25) is 0 Å². The molecule has 0 radical (unpaired) electrons. The van der Waals surface area contributed by atoms with E-state index in [2.05, 4.69) is 15.3 Å². The molecule has 16 heavy (non-hydrogen) atoms. The molecule has 1 saturated heterocycles. The zero-order chi connectivity index (χ0) is 11.4. The SMILES string of the molecule is COCC1CCN(c2ccnc(NN)c2)C1. The second-order valence-electron chi connectivity index (χ2n) is 4.10. The lowest BCUT2D eigenvalue weighted by atomic mass is 10.1. The Bertz CT molecular complexity index is 345. The lowest BCUT2D eigenvalue weighted by molar-refractivity contribution is 0.161. The Kier molecular flexibility index (Phi) is 3.58. The zero-order valence-electron chi connectivity index (χ0n) is 9.52. The third kappa shape index (κ3) is 2.43. The first-order valence-electron chi connectivity index (χ1n) is 5.50. The molecule has 0 bridgehead atoms. The summed E-state index contributed by atoms with van der Waals surface area (Å²) in [4.78, 5) is 6.44. The van der Waals surface area contributed by atoms with Crippen molar-refractivity contribution in [3.8, 4) is 0 Å². The molecule has 1 aliphatic heterocycles. The molecule has 0 amide bonds. The third-order valence-electron chi connectivity index (χ3n) is 2.94. The normalized spacial score (nSPS) is 20.1. The molecule has 1 aromatic rings. The summed E-state index contributed by atoms with van der Waals surface area (Å²) in [6, 6.07) is 3.98.